The third-order valence-corrected chi connectivity index (χ3v) is 4.62. The maximum absolute atomic E-state index is 11.9. The van der Waals surface area contributed by atoms with Gasteiger partial charge in [-0.05, 0) is 37.8 Å². The Morgan fingerprint density at radius 1 is 1.28 bits per heavy atom. The molecule has 1 aromatic rings. The van der Waals surface area contributed by atoms with Crippen LogP contribution in [0, 0.1) is 12.8 Å². The number of rotatable bonds is 5. The monoisotopic (exact) mass is 266 g/mol. The third kappa shape index (κ3) is 4.21. The van der Waals surface area contributed by atoms with Gasteiger partial charge in [-0.15, -0.1) is 11.3 Å². The van der Waals surface area contributed by atoms with Crippen molar-refractivity contribution in [2.24, 2.45) is 5.92 Å². The molecule has 1 heterocycles. The highest BCUT2D eigenvalue weighted by atomic mass is 32.1. The summed E-state index contributed by atoms with van der Waals surface area (Å²) >= 11 is 1.56. The third-order valence-electron chi connectivity index (χ3n) is 3.58. The molecule has 2 rings (SSSR count). The van der Waals surface area contributed by atoms with Gasteiger partial charge in [-0.3, -0.25) is 4.79 Å². The summed E-state index contributed by atoms with van der Waals surface area (Å²) in [6, 6.07) is 3.89. The Morgan fingerprint density at radius 3 is 2.61 bits per heavy atom. The van der Waals surface area contributed by atoms with Crippen molar-refractivity contribution in [3.63, 3.8) is 0 Å². The van der Waals surface area contributed by atoms with Gasteiger partial charge in [0, 0.05) is 4.88 Å². The van der Waals surface area contributed by atoms with Gasteiger partial charge in [0.15, 0.2) is 5.78 Å². The Hall–Kier alpha value is -0.670. The van der Waals surface area contributed by atoms with Crippen molar-refractivity contribution >= 4 is 17.1 Å². The van der Waals surface area contributed by atoms with Crippen molar-refractivity contribution in [3.05, 3.63) is 21.9 Å². The second kappa shape index (κ2) is 7.05. The van der Waals surface area contributed by atoms with Crippen LogP contribution in [-0.2, 0) is 4.74 Å². The molecule has 1 aromatic heterocycles. The second-order valence-corrected chi connectivity index (χ2v) is 6.49. The summed E-state index contributed by atoms with van der Waals surface area (Å²) in [5.74, 6) is 0.798. The van der Waals surface area contributed by atoms with Gasteiger partial charge in [0.05, 0.1) is 11.5 Å². The van der Waals surface area contributed by atoms with Crippen molar-refractivity contribution in [2.45, 2.75) is 45.4 Å². The number of Topliss-reactive ketones (excluding diaryl/α,β-unsaturated/α-hetero) is 1. The lowest BCUT2D eigenvalue weighted by Gasteiger charge is -2.13. The van der Waals surface area contributed by atoms with E-state index in [2.05, 4.69) is 0 Å². The molecule has 3 heteroatoms. The molecule has 0 spiro atoms. The van der Waals surface area contributed by atoms with E-state index in [0.29, 0.717) is 5.92 Å². The van der Waals surface area contributed by atoms with Crippen LogP contribution in [-0.4, -0.2) is 19.0 Å². The van der Waals surface area contributed by atoms with E-state index in [1.165, 1.54) is 43.4 Å². The van der Waals surface area contributed by atoms with Gasteiger partial charge in [0.1, 0.15) is 6.61 Å². The molecule has 0 atom stereocenters. The molecular weight excluding hydrogens is 244 g/mol. The summed E-state index contributed by atoms with van der Waals surface area (Å²) in [6.45, 7) is 3.03. The van der Waals surface area contributed by atoms with Gasteiger partial charge in [-0.25, -0.2) is 0 Å². The van der Waals surface area contributed by atoms with E-state index in [-0.39, 0.29) is 12.4 Å². The molecule has 0 saturated heterocycles. The first-order valence-electron chi connectivity index (χ1n) is 6.93. The predicted molar refractivity (Wildman–Crippen MR) is 75.4 cm³/mol. The van der Waals surface area contributed by atoms with E-state index in [1.54, 1.807) is 11.3 Å². The van der Waals surface area contributed by atoms with E-state index in [4.69, 9.17) is 4.74 Å². The van der Waals surface area contributed by atoms with E-state index in [1.807, 2.05) is 19.1 Å². The molecule has 0 N–H and O–H groups in total. The number of aryl methyl sites for hydroxylation is 1. The first kappa shape index (κ1) is 13.8. The molecule has 0 unspecified atom stereocenters. The molecule has 0 amide bonds. The molecule has 2 nitrogen and oxygen atoms in total. The normalized spacial score (nSPS) is 17.6. The highest BCUT2D eigenvalue weighted by molar-refractivity contribution is 7.14. The average molecular weight is 266 g/mol. The molecule has 1 saturated carbocycles. The number of ether oxygens (including phenoxy) is 1. The molecule has 0 radical (unpaired) electrons. The average Bonchev–Trinajstić information content (AvgIpc) is 2.63. The number of carbonyl (C=O) groups excluding carboxylic acids is 1. The predicted octanol–water partition coefficient (Wildman–Crippen LogP) is 4.23. The standard InChI is InChI=1S/C15H22O2S/c1-12-8-9-15(18-12)14(16)11-17-10-13-6-4-2-3-5-7-13/h8-9,13H,2-7,10-11H2,1H3. The lowest BCUT2D eigenvalue weighted by atomic mass is 10.0. The zero-order chi connectivity index (χ0) is 12.8. The van der Waals surface area contributed by atoms with Crippen molar-refractivity contribution in [1.29, 1.82) is 0 Å². The van der Waals surface area contributed by atoms with E-state index < -0.39 is 0 Å². The molecule has 1 fully saturated rings. The second-order valence-electron chi connectivity index (χ2n) is 5.21. The van der Waals surface area contributed by atoms with Gasteiger partial charge < -0.3 is 4.74 Å². The summed E-state index contributed by atoms with van der Waals surface area (Å²) in [5, 5.41) is 0. The van der Waals surface area contributed by atoms with Crippen LogP contribution in [0.4, 0.5) is 0 Å². The van der Waals surface area contributed by atoms with Crippen LogP contribution in [0.25, 0.3) is 0 Å². The smallest absolute Gasteiger partial charge is 0.198 e. The fourth-order valence-electron chi connectivity index (χ4n) is 2.50. The molecule has 1 aliphatic carbocycles. The largest absolute Gasteiger partial charge is 0.373 e. The minimum atomic E-state index is 0.127. The molecule has 100 valence electrons. The molecule has 1 aliphatic rings. The van der Waals surface area contributed by atoms with Gasteiger partial charge in [-0.1, -0.05) is 25.7 Å². The maximum atomic E-state index is 11.9. The Labute approximate surface area is 113 Å². The van der Waals surface area contributed by atoms with Crippen LogP contribution in [0.15, 0.2) is 12.1 Å². The Kier molecular flexibility index (Phi) is 5.39. The first-order valence-corrected chi connectivity index (χ1v) is 7.75. The Morgan fingerprint density at radius 2 is 2.00 bits per heavy atom. The fourth-order valence-corrected chi connectivity index (χ4v) is 3.30. The van der Waals surface area contributed by atoms with Crippen LogP contribution in [0.2, 0.25) is 0 Å². The number of thiophene rings is 1. The molecule has 0 aliphatic heterocycles. The van der Waals surface area contributed by atoms with Gasteiger partial charge in [0.2, 0.25) is 0 Å². The first-order chi connectivity index (χ1) is 8.75. The zero-order valence-corrected chi connectivity index (χ0v) is 11.9. The minimum absolute atomic E-state index is 0.127. The summed E-state index contributed by atoms with van der Waals surface area (Å²) in [5.41, 5.74) is 0. The Balaban J connectivity index is 1.69. The number of carbonyl (C=O) groups is 1. The quantitative estimate of drug-likeness (QED) is 0.589. The summed E-state index contributed by atoms with van der Waals surface area (Å²) < 4.78 is 5.61. The van der Waals surface area contributed by atoms with Crippen LogP contribution < -0.4 is 0 Å². The van der Waals surface area contributed by atoms with Crippen LogP contribution in [0.5, 0.6) is 0 Å². The van der Waals surface area contributed by atoms with Gasteiger partial charge in [0.25, 0.3) is 0 Å². The summed E-state index contributed by atoms with van der Waals surface area (Å²) in [7, 11) is 0. The molecule has 0 aromatic carbocycles. The fraction of sp³-hybridized carbons (Fsp3) is 0.667. The van der Waals surface area contributed by atoms with Crippen molar-refractivity contribution in [1.82, 2.24) is 0 Å². The lowest BCUT2D eigenvalue weighted by molar-refractivity contribution is 0.0662. The van der Waals surface area contributed by atoms with Crippen LogP contribution in [0.1, 0.15) is 53.1 Å². The van der Waals surface area contributed by atoms with Crippen LogP contribution >= 0.6 is 11.3 Å². The molecular formula is C15H22O2S. The van der Waals surface area contributed by atoms with Crippen molar-refractivity contribution in [2.75, 3.05) is 13.2 Å². The highest BCUT2D eigenvalue weighted by Gasteiger charge is 2.14. The van der Waals surface area contributed by atoms with Crippen molar-refractivity contribution < 1.29 is 9.53 Å². The maximum Gasteiger partial charge on any atom is 0.198 e. The SMILES string of the molecule is Cc1ccc(C(=O)COCC2CCCCCC2)s1. The molecule has 0 bridgehead atoms. The van der Waals surface area contributed by atoms with E-state index >= 15 is 0 Å². The Bertz CT molecular complexity index is 376. The van der Waals surface area contributed by atoms with Crippen molar-refractivity contribution in [3.8, 4) is 0 Å². The molecule has 18 heavy (non-hydrogen) atoms. The number of hydrogen-bond acceptors (Lipinski definition) is 3. The number of ketones is 1. The zero-order valence-electron chi connectivity index (χ0n) is 11.1. The summed E-state index contributed by atoms with van der Waals surface area (Å²) in [4.78, 5) is 13.9. The topological polar surface area (TPSA) is 26.3 Å². The van der Waals surface area contributed by atoms with E-state index in [9.17, 15) is 4.79 Å². The van der Waals surface area contributed by atoms with E-state index in [0.717, 1.165) is 11.5 Å². The number of hydrogen-bond donors (Lipinski definition) is 0. The van der Waals surface area contributed by atoms with Gasteiger partial charge >= 0.3 is 0 Å². The minimum Gasteiger partial charge on any atom is -0.373 e. The summed E-state index contributed by atoms with van der Waals surface area (Å²) in [6.07, 6.45) is 7.92. The lowest BCUT2D eigenvalue weighted by Crippen LogP contribution is -2.14. The van der Waals surface area contributed by atoms with Gasteiger partial charge in [-0.2, -0.15) is 0 Å². The van der Waals surface area contributed by atoms with Crippen LogP contribution in [0.3, 0.4) is 0 Å². The highest BCUT2D eigenvalue weighted by Crippen LogP contribution is 2.23.